The number of phenolic OH excluding ortho intramolecular Hbond substituents is 1. The van der Waals surface area contributed by atoms with Crippen molar-refractivity contribution in [2.75, 3.05) is 59.6 Å². The predicted molar refractivity (Wildman–Crippen MR) is 107 cm³/mol. The summed E-state index contributed by atoms with van der Waals surface area (Å²) in [4.78, 5) is 16.4. The molecule has 1 aliphatic heterocycles. The minimum Gasteiger partial charge on any atom is -0.504 e. The third-order valence-electron chi connectivity index (χ3n) is 3.98. The summed E-state index contributed by atoms with van der Waals surface area (Å²) in [5, 5.41) is 11.1. The van der Waals surface area contributed by atoms with Gasteiger partial charge >= 0.3 is 5.97 Å². The van der Waals surface area contributed by atoms with Gasteiger partial charge in [-0.3, -0.25) is 4.99 Å². The number of methoxy groups -OCH3 is 2. The molecule has 0 amide bonds. The Balaban J connectivity index is 1.85. The van der Waals surface area contributed by atoms with Crippen LogP contribution in [0.5, 0.6) is 11.5 Å². The first-order chi connectivity index (χ1) is 13.5. The summed E-state index contributed by atoms with van der Waals surface area (Å²) in [7, 11) is 2.96. The van der Waals surface area contributed by atoms with Gasteiger partial charge in [-0.05, 0) is 19.1 Å². The summed E-state index contributed by atoms with van der Waals surface area (Å²) in [6, 6.07) is 5.18. The van der Waals surface area contributed by atoms with Crippen molar-refractivity contribution < 1.29 is 33.6 Å². The molecule has 0 bridgehead atoms. The molecule has 2 rings (SSSR count). The van der Waals surface area contributed by atoms with E-state index in [0.717, 1.165) is 0 Å². The summed E-state index contributed by atoms with van der Waals surface area (Å²) in [5.74, 6) is 0.392. The Morgan fingerprint density at radius 1 is 1.14 bits per heavy atom. The van der Waals surface area contributed by atoms with E-state index in [0.29, 0.717) is 55.1 Å². The molecule has 0 aromatic heterocycles. The molecule has 9 heteroatoms. The van der Waals surface area contributed by atoms with Crippen molar-refractivity contribution in [3.8, 4) is 11.5 Å². The van der Waals surface area contributed by atoms with Crippen molar-refractivity contribution >= 4 is 22.8 Å². The quantitative estimate of drug-likeness (QED) is 0.410. The lowest BCUT2D eigenvalue weighted by molar-refractivity contribution is -0.145. The van der Waals surface area contributed by atoms with E-state index in [9.17, 15) is 9.90 Å². The van der Waals surface area contributed by atoms with Gasteiger partial charge < -0.3 is 28.8 Å². The van der Waals surface area contributed by atoms with E-state index in [4.69, 9.17) is 23.7 Å². The number of benzene rings is 1. The average molecular weight is 413 g/mol. The number of phenols is 1. The molecule has 1 N–H and O–H groups in total. The normalized spacial score (nSPS) is 18.8. The molecular formula is C19H27NO7S. The molecular weight excluding hydrogens is 386 g/mol. The van der Waals surface area contributed by atoms with Crippen molar-refractivity contribution in [3.63, 3.8) is 0 Å². The second-order valence-corrected chi connectivity index (χ2v) is 7.15. The number of carbonyl (C=O) groups is 1. The first kappa shape index (κ1) is 22.5. The third-order valence-corrected chi connectivity index (χ3v) is 5.27. The number of aliphatic imine (C=N–C) groups is 1. The third kappa shape index (κ3) is 6.10. The number of aromatic hydroxyl groups is 1. The number of carbonyl (C=O) groups excluding carboxylic acids is 1. The average Bonchev–Trinajstić information content (AvgIpc) is 3.10. The molecule has 0 saturated carbocycles. The molecule has 1 aromatic carbocycles. The standard InChI is InChI=1S/C19H27NO7S/c1-19(18(22)24-3)13-28-17(20-19)14-5-4-6-15(16(14)21)27-12-11-26-10-9-25-8-7-23-2/h4-6,21H,7-13H2,1-3H3/t19-/m1/s1. The molecule has 0 aliphatic carbocycles. The Morgan fingerprint density at radius 2 is 1.82 bits per heavy atom. The van der Waals surface area contributed by atoms with Crippen LogP contribution in [0, 0.1) is 0 Å². The van der Waals surface area contributed by atoms with Gasteiger partial charge in [-0.15, -0.1) is 11.8 Å². The van der Waals surface area contributed by atoms with Crippen LogP contribution in [0.1, 0.15) is 12.5 Å². The van der Waals surface area contributed by atoms with E-state index in [2.05, 4.69) is 4.99 Å². The lowest BCUT2D eigenvalue weighted by Crippen LogP contribution is -2.34. The molecule has 1 aromatic rings. The van der Waals surface area contributed by atoms with Crippen molar-refractivity contribution in [3.05, 3.63) is 23.8 Å². The van der Waals surface area contributed by atoms with E-state index in [-0.39, 0.29) is 12.4 Å². The number of thioether (sulfide) groups is 1. The van der Waals surface area contributed by atoms with Gasteiger partial charge in [0.25, 0.3) is 0 Å². The van der Waals surface area contributed by atoms with Crippen molar-refractivity contribution in [2.24, 2.45) is 4.99 Å². The van der Waals surface area contributed by atoms with Crippen LogP contribution in [0.2, 0.25) is 0 Å². The van der Waals surface area contributed by atoms with Gasteiger partial charge in [0.1, 0.15) is 11.7 Å². The van der Waals surface area contributed by atoms with Crippen molar-refractivity contribution in [1.29, 1.82) is 0 Å². The van der Waals surface area contributed by atoms with Crippen LogP contribution < -0.4 is 4.74 Å². The molecule has 28 heavy (non-hydrogen) atoms. The maximum atomic E-state index is 11.9. The molecule has 0 unspecified atom stereocenters. The zero-order valence-corrected chi connectivity index (χ0v) is 17.3. The molecule has 0 fully saturated rings. The van der Waals surface area contributed by atoms with Gasteiger partial charge in [0.05, 0.1) is 45.7 Å². The van der Waals surface area contributed by atoms with E-state index in [1.165, 1.54) is 18.9 Å². The summed E-state index contributed by atoms with van der Waals surface area (Å²) >= 11 is 1.40. The van der Waals surface area contributed by atoms with E-state index >= 15 is 0 Å². The minimum atomic E-state index is -0.947. The van der Waals surface area contributed by atoms with Gasteiger partial charge in [0, 0.05) is 12.9 Å². The minimum absolute atomic E-state index is 0.00855. The Morgan fingerprint density at radius 3 is 2.50 bits per heavy atom. The van der Waals surface area contributed by atoms with Gasteiger partial charge in [-0.25, -0.2) is 4.79 Å². The van der Waals surface area contributed by atoms with Crippen LogP contribution >= 0.6 is 11.8 Å². The van der Waals surface area contributed by atoms with Gasteiger partial charge in [0.2, 0.25) is 0 Å². The number of para-hydroxylation sites is 1. The second-order valence-electron chi connectivity index (χ2n) is 6.19. The first-order valence-corrected chi connectivity index (χ1v) is 9.91. The van der Waals surface area contributed by atoms with Crippen molar-refractivity contribution in [1.82, 2.24) is 0 Å². The highest BCUT2D eigenvalue weighted by atomic mass is 32.2. The monoisotopic (exact) mass is 413 g/mol. The van der Waals surface area contributed by atoms with E-state index in [1.54, 1.807) is 32.2 Å². The predicted octanol–water partition coefficient (Wildman–Crippen LogP) is 1.88. The lowest BCUT2D eigenvalue weighted by Gasteiger charge is -2.15. The Hall–Kier alpha value is -1.81. The summed E-state index contributed by atoms with van der Waals surface area (Å²) in [6.45, 7) is 4.41. The highest BCUT2D eigenvalue weighted by molar-refractivity contribution is 8.14. The SMILES string of the molecule is COCCOCCOCCOc1cccc(C2=N[C@@](C)(C(=O)OC)CS2)c1O. The summed E-state index contributed by atoms with van der Waals surface area (Å²) in [5.41, 5.74) is -0.417. The fourth-order valence-electron chi connectivity index (χ4n) is 2.45. The number of hydrogen-bond acceptors (Lipinski definition) is 9. The molecule has 1 heterocycles. The maximum absolute atomic E-state index is 11.9. The van der Waals surface area contributed by atoms with Crippen LogP contribution in [0.3, 0.4) is 0 Å². The molecule has 1 atom stereocenters. The van der Waals surface area contributed by atoms with E-state index in [1.807, 2.05) is 0 Å². The zero-order valence-electron chi connectivity index (χ0n) is 16.4. The molecule has 0 spiro atoms. The van der Waals surface area contributed by atoms with Crippen LogP contribution in [0.4, 0.5) is 0 Å². The van der Waals surface area contributed by atoms with Gasteiger partial charge in [-0.2, -0.15) is 0 Å². The first-order valence-electron chi connectivity index (χ1n) is 8.92. The number of esters is 1. The highest BCUT2D eigenvalue weighted by Gasteiger charge is 2.40. The number of rotatable bonds is 12. The fourth-order valence-corrected chi connectivity index (χ4v) is 3.63. The second kappa shape index (κ2) is 11.3. The van der Waals surface area contributed by atoms with E-state index < -0.39 is 11.5 Å². The number of ether oxygens (including phenoxy) is 5. The van der Waals surface area contributed by atoms with Gasteiger partial charge in [-0.1, -0.05) is 6.07 Å². The Kier molecular flexibility index (Phi) is 9.04. The Labute approximate surface area is 169 Å². The smallest absolute Gasteiger partial charge is 0.334 e. The fraction of sp³-hybridized carbons (Fsp3) is 0.579. The van der Waals surface area contributed by atoms with Crippen molar-refractivity contribution in [2.45, 2.75) is 12.5 Å². The van der Waals surface area contributed by atoms with Crippen LogP contribution in [0.25, 0.3) is 0 Å². The molecule has 0 radical (unpaired) electrons. The summed E-state index contributed by atoms with van der Waals surface area (Å²) < 4.78 is 26.0. The van der Waals surface area contributed by atoms with Crippen LogP contribution in [0.15, 0.2) is 23.2 Å². The summed E-state index contributed by atoms with van der Waals surface area (Å²) in [6.07, 6.45) is 0. The van der Waals surface area contributed by atoms with Gasteiger partial charge in [0.15, 0.2) is 17.0 Å². The largest absolute Gasteiger partial charge is 0.504 e. The molecule has 1 aliphatic rings. The number of hydrogen-bond donors (Lipinski definition) is 1. The zero-order chi connectivity index (χ0) is 20.4. The molecule has 156 valence electrons. The van der Waals surface area contributed by atoms with Crippen LogP contribution in [-0.4, -0.2) is 81.3 Å². The number of nitrogens with zero attached hydrogens (tertiary/aromatic N) is 1. The topological polar surface area (TPSA) is 95.8 Å². The lowest BCUT2D eigenvalue weighted by atomic mass is 10.1. The van der Waals surface area contributed by atoms with Crippen LogP contribution in [-0.2, 0) is 23.7 Å². The molecule has 8 nitrogen and oxygen atoms in total. The highest BCUT2D eigenvalue weighted by Crippen LogP contribution is 2.38. The Bertz CT molecular complexity index is 682. The molecule has 0 saturated heterocycles. The maximum Gasteiger partial charge on any atom is 0.334 e.